The van der Waals surface area contributed by atoms with Crippen molar-refractivity contribution in [2.24, 2.45) is 4.99 Å². The molecule has 0 amide bonds. The van der Waals surface area contributed by atoms with Gasteiger partial charge in [0.05, 0.1) is 31.5 Å². The molecule has 7 nitrogen and oxygen atoms in total. The Kier molecular flexibility index (Phi) is 7.60. The van der Waals surface area contributed by atoms with Gasteiger partial charge in [-0.2, -0.15) is 0 Å². The lowest BCUT2D eigenvalue weighted by Crippen LogP contribution is -2.46. The molecule has 1 aromatic carbocycles. The molecule has 1 aromatic heterocycles. The van der Waals surface area contributed by atoms with Crippen molar-refractivity contribution in [3.63, 3.8) is 0 Å². The van der Waals surface area contributed by atoms with E-state index in [1.165, 1.54) is 6.07 Å². The minimum absolute atomic E-state index is 0.0194. The van der Waals surface area contributed by atoms with Crippen LogP contribution >= 0.6 is 0 Å². The molecule has 8 heteroatoms. The first-order chi connectivity index (χ1) is 14.1. The van der Waals surface area contributed by atoms with Gasteiger partial charge in [0.1, 0.15) is 5.82 Å². The first-order valence-corrected chi connectivity index (χ1v) is 10.0. The van der Waals surface area contributed by atoms with Crippen LogP contribution in [-0.4, -0.2) is 55.9 Å². The van der Waals surface area contributed by atoms with Crippen LogP contribution in [0.25, 0.3) is 0 Å². The molecule has 0 saturated carbocycles. The van der Waals surface area contributed by atoms with E-state index >= 15 is 0 Å². The number of ether oxygens (including phenoxy) is 1. The van der Waals surface area contributed by atoms with Gasteiger partial charge < -0.3 is 19.9 Å². The van der Waals surface area contributed by atoms with Crippen molar-refractivity contribution in [1.29, 1.82) is 0 Å². The third kappa shape index (κ3) is 6.01. The van der Waals surface area contributed by atoms with Gasteiger partial charge in [0, 0.05) is 32.7 Å². The Balaban J connectivity index is 1.61. The molecular formula is C21H30FN5O2. The van der Waals surface area contributed by atoms with Crippen LogP contribution in [0.4, 0.5) is 4.39 Å². The molecule has 2 N–H and O–H groups in total. The van der Waals surface area contributed by atoms with E-state index in [0.717, 1.165) is 30.1 Å². The lowest BCUT2D eigenvalue weighted by atomic mass is 10.0. The first-order valence-electron chi connectivity index (χ1n) is 10.0. The van der Waals surface area contributed by atoms with Crippen molar-refractivity contribution in [2.45, 2.75) is 32.4 Å². The SMILES string of the molecule is CN=C(NCc1cc(C(C)C)no1)NCC(c1cccc(F)c1)N1CCOCC1. The Bertz CT molecular complexity index is 802. The first kappa shape index (κ1) is 21.3. The maximum Gasteiger partial charge on any atom is 0.191 e. The topological polar surface area (TPSA) is 74.9 Å². The number of halogens is 1. The summed E-state index contributed by atoms with van der Waals surface area (Å²) in [6, 6.07) is 8.75. The zero-order chi connectivity index (χ0) is 20.6. The summed E-state index contributed by atoms with van der Waals surface area (Å²) in [6.45, 7) is 8.22. The van der Waals surface area contributed by atoms with Crippen LogP contribution in [0.2, 0.25) is 0 Å². The van der Waals surface area contributed by atoms with Gasteiger partial charge in [0.25, 0.3) is 0 Å². The third-order valence-corrected chi connectivity index (χ3v) is 5.01. The Labute approximate surface area is 171 Å². The number of rotatable bonds is 7. The van der Waals surface area contributed by atoms with Crippen molar-refractivity contribution in [1.82, 2.24) is 20.7 Å². The van der Waals surface area contributed by atoms with E-state index < -0.39 is 0 Å². The van der Waals surface area contributed by atoms with Crippen molar-refractivity contribution in [3.8, 4) is 0 Å². The zero-order valence-electron chi connectivity index (χ0n) is 17.3. The van der Waals surface area contributed by atoms with Gasteiger partial charge in [-0.15, -0.1) is 0 Å². The second-order valence-corrected chi connectivity index (χ2v) is 7.40. The zero-order valence-corrected chi connectivity index (χ0v) is 17.3. The highest BCUT2D eigenvalue weighted by Crippen LogP contribution is 2.22. The number of hydrogen-bond acceptors (Lipinski definition) is 5. The van der Waals surface area contributed by atoms with Crippen LogP contribution < -0.4 is 10.6 Å². The molecule has 2 heterocycles. The van der Waals surface area contributed by atoms with Crippen LogP contribution in [-0.2, 0) is 11.3 Å². The molecule has 1 unspecified atom stereocenters. The van der Waals surface area contributed by atoms with Crippen LogP contribution in [0, 0.1) is 5.82 Å². The lowest BCUT2D eigenvalue weighted by molar-refractivity contribution is 0.0169. The maximum atomic E-state index is 13.8. The fraction of sp³-hybridized carbons (Fsp3) is 0.524. The van der Waals surface area contributed by atoms with E-state index in [1.54, 1.807) is 19.2 Å². The molecule has 1 aliphatic heterocycles. The van der Waals surface area contributed by atoms with Gasteiger partial charge in [0.15, 0.2) is 11.7 Å². The van der Waals surface area contributed by atoms with E-state index in [-0.39, 0.29) is 11.9 Å². The molecule has 0 aliphatic carbocycles. The molecule has 2 aromatic rings. The summed E-state index contributed by atoms with van der Waals surface area (Å²) in [5.74, 6) is 1.51. The van der Waals surface area contributed by atoms with E-state index in [4.69, 9.17) is 9.26 Å². The average Bonchev–Trinajstić information content (AvgIpc) is 3.21. The van der Waals surface area contributed by atoms with E-state index in [0.29, 0.717) is 38.2 Å². The third-order valence-electron chi connectivity index (χ3n) is 5.01. The second-order valence-electron chi connectivity index (χ2n) is 7.40. The summed E-state index contributed by atoms with van der Waals surface area (Å²) in [6.07, 6.45) is 0. The molecule has 3 rings (SSSR count). The summed E-state index contributed by atoms with van der Waals surface area (Å²) in [4.78, 5) is 6.60. The number of aliphatic imine (C=N–C) groups is 1. The molecule has 29 heavy (non-hydrogen) atoms. The van der Waals surface area contributed by atoms with E-state index in [1.807, 2.05) is 12.1 Å². The van der Waals surface area contributed by atoms with Crippen LogP contribution in [0.3, 0.4) is 0 Å². The molecule has 0 spiro atoms. The van der Waals surface area contributed by atoms with E-state index in [9.17, 15) is 4.39 Å². The number of guanidine groups is 1. The maximum absolute atomic E-state index is 13.8. The molecule has 1 aliphatic rings. The Morgan fingerprint density at radius 1 is 1.24 bits per heavy atom. The Morgan fingerprint density at radius 2 is 2.03 bits per heavy atom. The monoisotopic (exact) mass is 403 g/mol. The minimum Gasteiger partial charge on any atom is -0.379 e. The number of nitrogens with one attached hydrogen (secondary N) is 2. The predicted molar refractivity (Wildman–Crippen MR) is 110 cm³/mol. The largest absolute Gasteiger partial charge is 0.379 e. The number of morpholine rings is 1. The van der Waals surface area contributed by atoms with Crippen LogP contribution in [0.15, 0.2) is 39.8 Å². The van der Waals surface area contributed by atoms with E-state index in [2.05, 4.69) is 39.5 Å². The summed E-state index contributed by atoms with van der Waals surface area (Å²) < 4.78 is 24.6. The van der Waals surface area contributed by atoms with Gasteiger partial charge >= 0.3 is 0 Å². The van der Waals surface area contributed by atoms with Crippen LogP contribution in [0.5, 0.6) is 0 Å². The molecule has 158 valence electrons. The lowest BCUT2D eigenvalue weighted by Gasteiger charge is -2.35. The fourth-order valence-electron chi connectivity index (χ4n) is 3.33. The Hall–Kier alpha value is -2.45. The highest BCUT2D eigenvalue weighted by atomic mass is 19.1. The van der Waals surface area contributed by atoms with Gasteiger partial charge in [-0.3, -0.25) is 9.89 Å². The highest BCUT2D eigenvalue weighted by Gasteiger charge is 2.23. The standard InChI is InChI=1S/C21H30FN5O2/c1-15(2)19-12-18(29-26-19)13-24-21(23-3)25-14-20(27-7-9-28-10-8-27)16-5-4-6-17(22)11-16/h4-6,11-12,15,20H,7-10,13-14H2,1-3H3,(H2,23,24,25). The molecule has 0 radical (unpaired) electrons. The highest BCUT2D eigenvalue weighted by molar-refractivity contribution is 5.79. The molecule has 1 saturated heterocycles. The number of nitrogens with zero attached hydrogens (tertiary/aromatic N) is 3. The van der Waals surface area contributed by atoms with Crippen molar-refractivity contribution in [2.75, 3.05) is 39.9 Å². The second kappa shape index (κ2) is 10.4. The van der Waals surface area contributed by atoms with Gasteiger partial charge in [-0.05, 0) is 23.6 Å². The smallest absolute Gasteiger partial charge is 0.191 e. The van der Waals surface area contributed by atoms with Crippen molar-refractivity contribution < 1.29 is 13.7 Å². The molecule has 1 fully saturated rings. The van der Waals surface area contributed by atoms with Gasteiger partial charge in [-0.1, -0.05) is 31.1 Å². The minimum atomic E-state index is -0.227. The number of aromatic nitrogens is 1. The van der Waals surface area contributed by atoms with Crippen molar-refractivity contribution in [3.05, 3.63) is 53.2 Å². The summed E-state index contributed by atoms with van der Waals surface area (Å²) >= 11 is 0. The molecule has 0 bridgehead atoms. The Morgan fingerprint density at radius 3 is 2.69 bits per heavy atom. The average molecular weight is 404 g/mol. The summed E-state index contributed by atoms with van der Waals surface area (Å²) in [5.41, 5.74) is 1.87. The fourth-order valence-corrected chi connectivity index (χ4v) is 3.33. The van der Waals surface area contributed by atoms with Crippen molar-refractivity contribution >= 4 is 5.96 Å². The predicted octanol–water partition coefficient (Wildman–Crippen LogP) is 2.68. The number of hydrogen-bond donors (Lipinski definition) is 2. The van der Waals surface area contributed by atoms with Crippen LogP contribution in [0.1, 0.15) is 42.8 Å². The quantitative estimate of drug-likeness (QED) is 0.547. The van der Waals surface area contributed by atoms with Gasteiger partial charge in [-0.25, -0.2) is 4.39 Å². The molecule has 1 atom stereocenters. The summed E-state index contributed by atoms with van der Waals surface area (Å²) in [5, 5.41) is 10.7. The normalized spacial score (nSPS) is 16.8. The van der Waals surface area contributed by atoms with Gasteiger partial charge in [0.2, 0.25) is 0 Å². The summed E-state index contributed by atoms with van der Waals surface area (Å²) in [7, 11) is 1.72. The molecular weight excluding hydrogens is 373 g/mol. The number of benzene rings is 1.